The van der Waals surface area contributed by atoms with Crippen molar-refractivity contribution in [3.63, 3.8) is 0 Å². The molecule has 0 radical (unpaired) electrons. The standard InChI is InChI=1S/C6H18NSi2.Rb/c1-8(2,3)7-9(4,5)6;/h1-6H3;/q-1;+1. The van der Waals surface area contributed by atoms with Crippen molar-refractivity contribution in [2.24, 2.45) is 0 Å². The van der Waals surface area contributed by atoms with E-state index in [9.17, 15) is 0 Å². The quantitative estimate of drug-likeness (QED) is 0.610. The fourth-order valence-corrected chi connectivity index (χ4v) is 9.06. The predicted molar refractivity (Wildman–Crippen MR) is 50.1 cm³/mol. The molecule has 1 nitrogen and oxygen atoms in total. The summed E-state index contributed by atoms with van der Waals surface area (Å²) in [7, 11) is -2.21. The monoisotopic (exact) mass is 245 g/mol. The molecule has 0 aromatic rings. The smallest absolute Gasteiger partial charge is 0.668 e. The Morgan fingerprint density at radius 2 is 0.900 bits per heavy atom. The molecule has 0 aliphatic heterocycles. The van der Waals surface area contributed by atoms with E-state index in [0.717, 1.165) is 0 Å². The molecule has 0 N–H and O–H groups in total. The molecule has 4 heteroatoms. The predicted octanol–water partition coefficient (Wildman–Crippen LogP) is 0.0339. The summed E-state index contributed by atoms with van der Waals surface area (Å²) in [6.07, 6.45) is 0. The second-order valence-electron chi connectivity index (χ2n) is 4.45. The van der Waals surface area contributed by atoms with Gasteiger partial charge in [-0.2, -0.15) is 0 Å². The first-order chi connectivity index (χ1) is 3.71. The van der Waals surface area contributed by atoms with Crippen molar-refractivity contribution >= 4 is 16.5 Å². The fourth-order valence-electron chi connectivity index (χ4n) is 1.01. The Balaban J connectivity index is 0. The van der Waals surface area contributed by atoms with Crippen LogP contribution in [0.2, 0.25) is 39.3 Å². The normalized spacial score (nSPS) is 12.6. The zero-order valence-electron chi connectivity index (χ0n) is 8.45. The molecular formula is C6H18NRbSi2. The van der Waals surface area contributed by atoms with Gasteiger partial charge in [-0.3, -0.25) is 0 Å². The molecule has 0 aromatic heterocycles. The van der Waals surface area contributed by atoms with Crippen LogP contribution in [-0.2, 0) is 0 Å². The van der Waals surface area contributed by atoms with Crippen LogP contribution < -0.4 is 58.2 Å². The van der Waals surface area contributed by atoms with E-state index in [-0.39, 0.29) is 58.2 Å². The summed E-state index contributed by atoms with van der Waals surface area (Å²) < 4.78 is 4.82. The van der Waals surface area contributed by atoms with E-state index in [0.29, 0.717) is 0 Å². The summed E-state index contributed by atoms with van der Waals surface area (Å²) >= 11 is 0. The molecule has 10 heavy (non-hydrogen) atoms. The van der Waals surface area contributed by atoms with E-state index < -0.39 is 16.5 Å². The van der Waals surface area contributed by atoms with Crippen LogP contribution >= 0.6 is 0 Å². The van der Waals surface area contributed by atoms with Crippen LogP contribution in [0, 0.1) is 0 Å². The Morgan fingerprint density at radius 3 is 0.900 bits per heavy atom. The first kappa shape index (κ1) is 14.7. The Kier molecular flexibility index (Phi) is 7.42. The molecule has 0 heterocycles. The third kappa shape index (κ3) is 12.8. The summed E-state index contributed by atoms with van der Waals surface area (Å²) in [5, 5.41) is 0. The van der Waals surface area contributed by atoms with Gasteiger partial charge in [-0.1, -0.05) is 55.8 Å². The van der Waals surface area contributed by atoms with E-state index in [1.54, 1.807) is 0 Å². The van der Waals surface area contributed by atoms with E-state index in [1.165, 1.54) is 0 Å². The van der Waals surface area contributed by atoms with Crippen molar-refractivity contribution in [1.29, 1.82) is 0 Å². The van der Waals surface area contributed by atoms with Crippen molar-refractivity contribution in [1.82, 2.24) is 0 Å². The maximum Gasteiger partial charge on any atom is 1.00 e. The molecule has 0 saturated heterocycles. The molecular weight excluding hydrogens is 228 g/mol. The van der Waals surface area contributed by atoms with E-state index in [1.807, 2.05) is 0 Å². The first-order valence-corrected chi connectivity index (χ1v) is 10.3. The second kappa shape index (κ2) is 5.04. The minimum Gasteiger partial charge on any atom is -0.668 e. The van der Waals surface area contributed by atoms with Crippen LogP contribution in [0.25, 0.3) is 4.65 Å². The molecule has 56 valence electrons. The van der Waals surface area contributed by atoms with Gasteiger partial charge >= 0.3 is 58.2 Å². The van der Waals surface area contributed by atoms with Crippen molar-refractivity contribution in [2.45, 2.75) is 39.3 Å². The summed E-state index contributed by atoms with van der Waals surface area (Å²) in [5.74, 6) is 0. The Bertz CT molecular complexity index is 80.9. The molecule has 0 saturated carbocycles. The molecule has 0 atom stereocenters. The van der Waals surface area contributed by atoms with Crippen molar-refractivity contribution < 1.29 is 58.2 Å². The summed E-state index contributed by atoms with van der Waals surface area (Å²) in [4.78, 5) is 0. The number of hydrogen-bond acceptors (Lipinski definition) is 0. The van der Waals surface area contributed by atoms with Crippen LogP contribution in [-0.4, -0.2) is 16.5 Å². The zero-order valence-corrected chi connectivity index (χ0v) is 15.4. The van der Waals surface area contributed by atoms with Crippen LogP contribution in [0.1, 0.15) is 0 Å². The van der Waals surface area contributed by atoms with Crippen molar-refractivity contribution in [3.8, 4) is 0 Å². The molecule has 0 rings (SSSR count). The zero-order chi connectivity index (χ0) is 7.71. The van der Waals surface area contributed by atoms with Crippen LogP contribution in [0.5, 0.6) is 0 Å². The van der Waals surface area contributed by atoms with Gasteiger partial charge in [0.2, 0.25) is 0 Å². The maximum absolute atomic E-state index is 4.82. The van der Waals surface area contributed by atoms with Crippen LogP contribution in [0.3, 0.4) is 0 Å². The minimum absolute atomic E-state index is 0. The van der Waals surface area contributed by atoms with Gasteiger partial charge in [0, 0.05) is 0 Å². The number of rotatable bonds is 2. The van der Waals surface area contributed by atoms with Gasteiger partial charge < -0.3 is 4.65 Å². The summed E-state index contributed by atoms with van der Waals surface area (Å²) in [6.45, 7) is 13.8. The number of hydrogen-bond donors (Lipinski definition) is 0. The van der Waals surface area contributed by atoms with Gasteiger partial charge in [0.15, 0.2) is 0 Å². The Morgan fingerprint density at radius 1 is 0.700 bits per heavy atom. The van der Waals surface area contributed by atoms with E-state index in [2.05, 4.69) is 39.3 Å². The molecule has 0 fully saturated rings. The summed E-state index contributed by atoms with van der Waals surface area (Å²) in [5.41, 5.74) is 0. The van der Waals surface area contributed by atoms with Gasteiger partial charge in [-0.05, 0) is 0 Å². The van der Waals surface area contributed by atoms with Crippen LogP contribution in [0.4, 0.5) is 0 Å². The summed E-state index contributed by atoms with van der Waals surface area (Å²) in [6, 6.07) is 0. The van der Waals surface area contributed by atoms with Crippen molar-refractivity contribution in [2.75, 3.05) is 0 Å². The molecule has 0 bridgehead atoms. The van der Waals surface area contributed by atoms with Crippen molar-refractivity contribution in [3.05, 3.63) is 4.65 Å². The maximum atomic E-state index is 4.82. The second-order valence-corrected chi connectivity index (χ2v) is 14.0. The van der Waals surface area contributed by atoms with E-state index >= 15 is 0 Å². The average molecular weight is 246 g/mol. The topological polar surface area (TPSA) is 14.1 Å². The number of nitrogens with zero attached hydrogens (tertiary/aromatic N) is 1. The molecule has 0 unspecified atom stereocenters. The largest absolute Gasteiger partial charge is 1.00 e. The Labute approximate surface area is 116 Å². The minimum atomic E-state index is -1.11. The molecule has 0 aliphatic rings. The van der Waals surface area contributed by atoms with Gasteiger partial charge in [0.1, 0.15) is 0 Å². The average Bonchev–Trinajstić information content (AvgIpc) is 1.14. The fraction of sp³-hybridized carbons (Fsp3) is 1.00. The van der Waals surface area contributed by atoms with Crippen LogP contribution in [0.15, 0.2) is 0 Å². The SMILES string of the molecule is C[Si](C)(C)[N-][Si](C)(C)C.[Rb+]. The molecule has 0 aromatic carbocycles. The Hall–Kier alpha value is 2.20. The first-order valence-electron chi connectivity index (χ1n) is 3.45. The third-order valence-electron chi connectivity index (χ3n) is 0.671. The molecule has 0 amide bonds. The van der Waals surface area contributed by atoms with Gasteiger partial charge in [0.25, 0.3) is 0 Å². The third-order valence-corrected chi connectivity index (χ3v) is 6.04. The van der Waals surface area contributed by atoms with E-state index in [4.69, 9.17) is 4.65 Å². The van der Waals surface area contributed by atoms with Gasteiger partial charge in [-0.15, -0.1) is 0 Å². The molecule has 0 aliphatic carbocycles. The van der Waals surface area contributed by atoms with Gasteiger partial charge in [0.05, 0.1) is 0 Å². The van der Waals surface area contributed by atoms with Gasteiger partial charge in [-0.25, -0.2) is 0 Å². The molecule has 0 spiro atoms.